The lowest BCUT2D eigenvalue weighted by molar-refractivity contribution is -0.193. The maximum Gasteiger partial charge on any atom is 0.459 e. The van der Waals surface area contributed by atoms with Crippen molar-refractivity contribution in [2.45, 2.75) is 77.3 Å². The quantitative estimate of drug-likeness (QED) is 0.240. The van der Waals surface area contributed by atoms with Gasteiger partial charge in [0.05, 0.1) is 18.8 Å². The highest BCUT2D eigenvalue weighted by atomic mass is 31.2. The van der Waals surface area contributed by atoms with Crippen molar-refractivity contribution >= 4 is 19.5 Å². The summed E-state index contributed by atoms with van der Waals surface area (Å²) in [6.45, 7) is 5.47. The monoisotopic (exact) mass is 570 g/mol. The standard InChI is InChI=1S/C25H36FN4O8P/c1-5-9-19-20(14-30-13-12-21(27)28-24(30)33)37-25(26,22(19)31)15-35-39(34,38-18-10-7-6-8-11-18)29-17(4)23(32)36-16(2)3/h6-8,10-13,16-17,19-20,22,31H,5,9,14-15H2,1-4H3,(H,29,34)(H2,27,28,33)/t17-,19?,20?,22-,25+,39?/m0/s1. The summed E-state index contributed by atoms with van der Waals surface area (Å²) in [5.41, 5.74) is 4.89. The fourth-order valence-corrected chi connectivity index (χ4v) is 5.69. The van der Waals surface area contributed by atoms with Gasteiger partial charge in [-0.15, -0.1) is 0 Å². The number of carbonyl (C=O) groups is 1. The first-order valence-electron chi connectivity index (χ1n) is 12.7. The summed E-state index contributed by atoms with van der Waals surface area (Å²) in [5.74, 6) is -4.06. The van der Waals surface area contributed by atoms with Crippen LogP contribution in [0.3, 0.4) is 0 Å². The Morgan fingerprint density at radius 3 is 2.62 bits per heavy atom. The number of nitrogens with two attached hydrogens (primary N) is 1. The van der Waals surface area contributed by atoms with Gasteiger partial charge in [-0.2, -0.15) is 10.1 Å². The SMILES string of the molecule is CCCC1C(Cn2ccc(N)nc2=O)O[C@](F)(COP(=O)(N[C@@H](C)C(=O)OC(C)C)Oc2ccccc2)[C@H]1O. The Morgan fingerprint density at radius 2 is 2.00 bits per heavy atom. The van der Waals surface area contributed by atoms with E-state index in [0.29, 0.717) is 12.8 Å². The minimum Gasteiger partial charge on any atom is -0.462 e. The molecule has 4 N–H and O–H groups in total. The number of anilines is 1. The van der Waals surface area contributed by atoms with Gasteiger partial charge >= 0.3 is 19.4 Å². The van der Waals surface area contributed by atoms with E-state index in [9.17, 15) is 19.3 Å². The number of nitrogen functional groups attached to an aromatic ring is 1. The predicted molar refractivity (Wildman–Crippen MR) is 140 cm³/mol. The van der Waals surface area contributed by atoms with Gasteiger partial charge in [0.1, 0.15) is 30.3 Å². The van der Waals surface area contributed by atoms with Crippen LogP contribution in [0.15, 0.2) is 47.4 Å². The molecule has 2 aromatic rings. The number of halogens is 1. The largest absolute Gasteiger partial charge is 0.462 e. The summed E-state index contributed by atoms with van der Waals surface area (Å²) < 4.78 is 52.8. The topological polar surface area (TPSA) is 164 Å². The van der Waals surface area contributed by atoms with Crippen molar-refractivity contribution in [2.75, 3.05) is 12.3 Å². The van der Waals surface area contributed by atoms with Crippen molar-refractivity contribution in [3.63, 3.8) is 0 Å². The molecule has 0 radical (unpaired) electrons. The Morgan fingerprint density at radius 1 is 1.31 bits per heavy atom. The molecular weight excluding hydrogens is 534 g/mol. The van der Waals surface area contributed by atoms with E-state index in [1.165, 1.54) is 35.9 Å². The number of nitrogens with zero attached hydrogens (tertiary/aromatic N) is 2. The first-order chi connectivity index (χ1) is 18.4. The Bertz CT molecular complexity index is 1220. The smallest absolute Gasteiger partial charge is 0.459 e. The maximum absolute atomic E-state index is 16.1. The number of hydrogen-bond donors (Lipinski definition) is 3. The number of aliphatic hydroxyl groups excluding tert-OH is 1. The van der Waals surface area contributed by atoms with Crippen molar-refractivity contribution in [3.8, 4) is 5.75 Å². The number of para-hydroxylation sites is 1. The summed E-state index contributed by atoms with van der Waals surface area (Å²) in [5, 5.41) is 13.4. The summed E-state index contributed by atoms with van der Waals surface area (Å²) >= 11 is 0. The molecule has 1 saturated heterocycles. The molecule has 216 valence electrons. The Labute approximate surface area is 226 Å². The molecule has 6 atom stereocenters. The van der Waals surface area contributed by atoms with Crippen LogP contribution in [0.1, 0.15) is 40.5 Å². The fraction of sp³-hybridized carbons (Fsp3) is 0.560. The van der Waals surface area contributed by atoms with Gasteiger partial charge in [-0.05, 0) is 45.4 Å². The third-order valence-corrected chi connectivity index (χ3v) is 7.65. The van der Waals surface area contributed by atoms with Crippen LogP contribution in [0.4, 0.5) is 10.2 Å². The predicted octanol–water partition coefficient (Wildman–Crippen LogP) is 2.80. The number of esters is 1. The molecular formula is C25H36FN4O8P. The minimum atomic E-state index is -4.41. The zero-order chi connectivity index (χ0) is 28.8. The van der Waals surface area contributed by atoms with Crippen molar-refractivity contribution in [1.82, 2.24) is 14.6 Å². The molecule has 0 saturated carbocycles. The Balaban J connectivity index is 1.81. The lowest BCUT2D eigenvalue weighted by Gasteiger charge is -2.28. The van der Waals surface area contributed by atoms with Crippen molar-refractivity contribution < 1.29 is 37.4 Å². The van der Waals surface area contributed by atoms with Gasteiger partial charge < -0.3 is 24.8 Å². The number of nitrogens with one attached hydrogen (secondary N) is 1. The van der Waals surface area contributed by atoms with Crippen LogP contribution in [0.5, 0.6) is 5.75 Å². The first kappa shape index (κ1) is 30.7. The van der Waals surface area contributed by atoms with E-state index in [1.54, 1.807) is 32.0 Å². The number of rotatable bonds is 13. The van der Waals surface area contributed by atoms with Gasteiger partial charge in [0.15, 0.2) is 0 Å². The molecule has 0 spiro atoms. The molecule has 1 aromatic carbocycles. The average molecular weight is 571 g/mol. The van der Waals surface area contributed by atoms with Crippen LogP contribution in [-0.4, -0.2) is 57.4 Å². The molecule has 1 aliphatic heterocycles. The molecule has 0 amide bonds. The number of aromatic nitrogens is 2. The molecule has 3 rings (SSSR count). The number of carbonyl (C=O) groups excluding carboxylic acids is 1. The van der Waals surface area contributed by atoms with Crippen LogP contribution in [0.25, 0.3) is 0 Å². The number of alkyl halides is 1. The van der Waals surface area contributed by atoms with Crippen LogP contribution >= 0.6 is 7.75 Å². The van der Waals surface area contributed by atoms with E-state index < -0.39 is 62.1 Å². The number of ether oxygens (including phenoxy) is 2. The zero-order valence-electron chi connectivity index (χ0n) is 22.4. The van der Waals surface area contributed by atoms with Gasteiger partial charge in [-0.3, -0.25) is 13.9 Å². The van der Waals surface area contributed by atoms with Crippen molar-refractivity contribution in [1.29, 1.82) is 0 Å². The summed E-state index contributed by atoms with van der Waals surface area (Å²) in [6, 6.07) is 8.26. The van der Waals surface area contributed by atoms with E-state index in [1.807, 2.05) is 6.92 Å². The normalized spacial score (nSPS) is 25.3. The Hall–Kier alpha value is -2.83. The third kappa shape index (κ3) is 8.09. The molecule has 0 aliphatic carbocycles. The highest BCUT2D eigenvalue weighted by molar-refractivity contribution is 7.52. The van der Waals surface area contributed by atoms with Crippen LogP contribution < -0.4 is 21.0 Å². The van der Waals surface area contributed by atoms with E-state index in [2.05, 4.69) is 10.1 Å². The summed E-state index contributed by atoms with van der Waals surface area (Å²) in [6.07, 6.45) is -0.651. The zero-order valence-corrected chi connectivity index (χ0v) is 23.3. The second kappa shape index (κ2) is 13.0. The van der Waals surface area contributed by atoms with E-state index in [0.717, 1.165) is 0 Å². The maximum atomic E-state index is 16.1. The van der Waals surface area contributed by atoms with Gasteiger partial charge in [0.2, 0.25) is 0 Å². The van der Waals surface area contributed by atoms with Gasteiger partial charge in [0, 0.05) is 12.1 Å². The summed E-state index contributed by atoms with van der Waals surface area (Å²) in [4.78, 5) is 28.2. The highest BCUT2D eigenvalue weighted by Gasteiger charge is 2.56. The molecule has 0 bridgehead atoms. The van der Waals surface area contributed by atoms with Gasteiger partial charge in [0.25, 0.3) is 5.85 Å². The van der Waals surface area contributed by atoms with E-state index in [4.69, 9.17) is 24.3 Å². The lowest BCUT2D eigenvalue weighted by atomic mass is 9.91. The number of benzene rings is 1. The van der Waals surface area contributed by atoms with Gasteiger partial charge in [-0.25, -0.2) is 13.8 Å². The van der Waals surface area contributed by atoms with Crippen LogP contribution in [-0.2, 0) is 29.9 Å². The Kier molecular flexibility index (Phi) is 10.2. The van der Waals surface area contributed by atoms with Crippen molar-refractivity contribution in [2.24, 2.45) is 5.92 Å². The van der Waals surface area contributed by atoms with E-state index in [-0.39, 0.29) is 18.1 Å². The summed E-state index contributed by atoms with van der Waals surface area (Å²) in [7, 11) is -4.41. The number of aliphatic hydroxyl groups is 1. The third-order valence-electron chi connectivity index (χ3n) is 6.02. The molecule has 14 heteroatoms. The first-order valence-corrected chi connectivity index (χ1v) is 14.3. The molecule has 12 nitrogen and oxygen atoms in total. The molecule has 2 heterocycles. The minimum absolute atomic E-state index is 0.0372. The van der Waals surface area contributed by atoms with Gasteiger partial charge in [-0.1, -0.05) is 31.5 Å². The average Bonchev–Trinajstić information content (AvgIpc) is 3.09. The van der Waals surface area contributed by atoms with Crippen molar-refractivity contribution in [3.05, 3.63) is 53.1 Å². The fourth-order valence-electron chi connectivity index (χ4n) is 4.18. The van der Waals surface area contributed by atoms with Crippen LogP contribution in [0, 0.1) is 5.92 Å². The molecule has 1 aliphatic rings. The van der Waals surface area contributed by atoms with Crippen LogP contribution in [0.2, 0.25) is 0 Å². The highest BCUT2D eigenvalue weighted by Crippen LogP contribution is 2.48. The second-order valence-corrected chi connectivity index (χ2v) is 11.3. The second-order valence-electron chi connectivity index (χ2n) is 9.64. The molecule has 1 fully saturated rings. The number of hydrogen-bond acceptors (Lipinski definition) is 10. The molecule has 1 aromatic heterocycles. The lowest BCUT2D eigenvalue weighted by Crippen LogP contribution is -2.43. The van der Waals surface area contributed by atoms with E-state index >= 15 is 4.39 Å². The molecule has 39 heavy (non-hydrogen) atoms. The molecule has 3 unspecified atom stereocenters.